The van der Waals surface area contributed by atoms with Crippen LogP contribution in [0.15, 0.2) is 76.9 Å². The highest BCUT2D eigenvalue weighted by molar-refractivity contribution is 6.24. The van der Waals surface area contributed by atoms with Crippen molar-refractivity contribution in [1.29, 1.82) is 0 Å². The van der Waals surface area contributed by atoms with Crippen molar-refractivity contribution in [3.63, 3.8) is 0 Å². The summed E-state index contributed by atoms with van der Waals surface area (Å²) in [5.41, 5.74) is 7.96. The molecule has 4 aliphatic carbocycles. The monoisotopic (exact) mass is 507 g/mol. The zero-order valence-corrected chi connectivity index (χ0v) is 22.6. The van der Waals surface area contributed by atoms with Crippen molar-refractivity contribution in [1.82, 2.24) is 9.80 Å². The first-order valence-electron chi connectivity index (χ1n) is 14.4. The van der Waals surface area contributed by atoms with E-state index in [1.54, 1.807) is 0 Å². The molecule has 0 spiro atoms. The van der Waals surface area contributed by atoms with Crippen LogP contribution in [0.2, 0.25) is 0 Å². The van der Waals surface area contributed by atoms with E-state index in [0.717, 1.165) is 44.7 Å². The van der Waals surface area contributed by atoms with Gasteiger partial charge in [0.15, 0.2) is 0 Å². The van der Waals surface area contributed by atoms with Crippen LogP contribution in [-0.4, -0.2) is 60.4 Å². The van der Waals surface area contributed by atoms with Crippen LogP contribution < -0.4 is 4.90 Å². The summed E-state index contributed by atoms with van der Waals surface area (Å²) < 4.78 is 0. The molecule has 1 saturated heterocycles. The van der Waals surface area contributed by atoms with Crippen molar-refractivity contribution in [2.75, 3.05) is 37.6 Å². The van der Waals surface area contributed by atoms with Gasteiger partial charge in [-0.15, -0.1) is 0 Å². The Bertz CT molecular complexity index is 1370. The molecule has 1 aromatic rings. The zero-order chi connectivity index (χ0) is 26.0. The maximum Gasteiger partial charge on any atom is 0.263 e. The van der Waals surface area contributed by atoms with Crippen LogP contribution in [0.5, 0.6) is 0 Å². The summed E-state index contributed by atoms with van der Waals surface area (Å²) in [4.78, 5) is 33.6. The number of fused-ring (bicyclic) bond motifs is 3. The van der Waals surface area contributed by atoms with Crippen molar-refractivity contribution < 1.29 is 9.59 Å². The lowest BCUT2D eigenvalue weighted by atomic mass is 9.84. The van der Waals surface area contributed by atoms with Gasteiger partial charge in [0, 0.05) is 32.2 Å². The van der Waals surface area contributed by atoms with Crippen molar-refractivity contribution in [2.45, 2.75) is 52.0 Å². The molecule has 2 aliphatic heterocycles. The molecule has 0 N–H and O–H groups in total. The fourth-order valence-corrected chi connectivity index (χ4v) is 7.51. The van der Waals surface area contributed by atoms with Crippen molar-refractivity contribution in [3.05, 3.63) is 88.1 Å². The Balaban J connectivity index is 1.08. The molecule has 3 atom stereocenters. The van der Waals surface area contributed by atoms with E-state index in [1.165, 1.54) is 46.5 Å². The average molecular weight is 508 g/mol. The van der Waals surface area contributed by atoms with Crippen molar-refractivity contribution in [2.24, 2.45) is 11.3 Å². The molecule has 7 rings (SSSR count). The summed E-state index contributed by atoms with van der Waals surface area (Å²) in [5, 5.41) is 0. The van der Waals surface area contributed by atoms with Crippen LogP contribution >= 0.6 is 0 Å². The number of hydrogen-bond donors (Lipinski definition) is 0. The highest BCUT2D eigenvalue weighted by atomic mass is 16.2. The number of rotatable bonds is 4. The van der Waals surface area contributed by atoms with Gasteiger partial charge in [-0.25, -0.2) is 0 Å². The maximum absolute atomic E-state index is 13.7. The lowest BCUT2D eigenvalue weighted by Gasteiger charge is -2.43. The van der Waals surface area contributed by atoms with Gasteiger partial charge in [-0.05, 0) is 79.2 Å². The largest absolute Gasteiger partial charge is 0.368 e. The highest BCUT2D eigenvalue weighted by Crippen LogP contribution is 2.62. The number of amides is 2. The van der Waals surface area contributed by atoms with Crippen molar-refractivity contribution in [3.8, 4) is 0 Å². The number of allylic oxidation sites excluding steroid dienone is 7. The number of nitrogens with zero attached hydrogens (tertiary/aromatic N) is 3. The summed E-state index contributed by atoms with van der Waals surface area (Å²) in [7, 11) is 0. The Kier molecular flexibility index (Phi) is 5.63. The summed E-state index contributed by atoms with van der Waals surface area (Å²) in [6.45, 7) is 8.57. The Morgan fingerprint density at radius 2 is 1.87 bits per heavy atom. The highest BCUT2D eigenvalue weighted by Gasteiger charge is 2.54. The Morgan fingerprint density at radius 1 is 1.03 bits per heavy atom. The molecule has 3 fully saturated rings. The van der Waals surface area contributed by atoms with Crippen LogP contribution in [0.3, 0.4) is 0 Å². The van der Waals surface area contributed by atoms with E-state index in [4.69, 9.17) is 0 Å². The summed E-state index contributed by atoms with van der Waals surface area (Å²) in [6, 6.07) is 6.30. The van der Waals surface area contributed by atoms with Crippen LogP contribution in [0.25, 0.3) is 0 Å². The van der Waals surface area contributed by atoms with E-state index in [2.05, 4.69) is 60.1 Å². The van der Waals surface area contributed by atoms with Gasteiger partial charge in [0.1, 0.15) is 0 Å². The number of carbonyl (C=O) groups is 2. The molecule has 0 radical (unpaired) electrons. The number of imide groups is 1. The second-order valence-corrected chi connectivity index (χ2v) is 12.1. The zero-order valence-electron chi connectivity index (χ0n) is 22.6. The Labute approximate surface area is 225 Å². The lowest BCUT2D eigenvalue weighted by Crippen LogP contribution is -2.52. The third-order valence-corrected chi connectivity index (χ3v) is 10.1. The molecule has 3 unspecified atom stereocenters. The van der Waals surface area contributed by atoms with Gasteiger partial charge in [0.25, 0.3) is 11.8 Å². The molecule has 2 amide bonds. The fraction of sp³-hybridized carbons (Fsp3) is 0.455. The molecule has 0 aromatic heterocycles. The lowest BCUT2D eigenvalue weighted by molar-refractivity contribution is 0.0666. The fourth-order valence-electron chi connectivity index (χ4n) is 7.51. The van der Waals surface area contributed by atoms with E-state index in [0.29, 0.717) is 29.6 Å². The third-order valence-electron chi connectivity index (χ3n) is 10.1. The van der Waals surface area contributed by atoms with Gasteiger partial charge < -0.3 is 4.90 Å². The summed E-state index contributed by atoms with van der Waals surface area (Å²) in [6.07, 6.45) is 19.3. The normalized spacial score (nSPS) is 30.6. The van der Waals surface area contributed by atoms with E-state index >= 15 is 0 Å². The van der Waals surface area contributed by atoms with Gasteiger partial charge in [-0.3, -0.25) is 19.4 Å². The van der Waals surface area contributed by atoms with Gasteiger partial charge in [0.05, 0.1) is 23.4 Å². The Morgan fingerprint density at radius 3 is 2.71 bits per heavy atom. The number of carbonyl (C=O) groups excluding carboxylic acids is 2. The van der Waals surface area contributed by atoms with E-state index in [-0.39, 0.29) is 17.2 Å². The predicted molar refractivity (Wildman–Crippen MR) is 151 cm³/mol. The van der Waals surface area contributed by atoms with Crippen LogP contribution in [-0.2, 0) is 0 Å². The SMILES string of the molecule is CC1=CC=C(CN2C(=O)c3cccc(N4CCN(C5CCCC6=CC=CCC=C65)CC4)c3C2=O)C2CC12C. The Hall–Kier alpha value is -3.18. The van der Waals surface area contributed by atoms with Crippen molar-refractivity contribution >= 4 is 17.5 Å². The molecule has 2 heterocycles. The van der Waals surface area contributed by atoms with Crippen LogP contribution in [0.1, 0.15) is 66.7 Å². The minimum absolute atomic E-state index is 0.129. The van der Waals surface area contributed by atoms with Gasteiger partial charge in [0.2, 0.25) is 0 Å². The van der Waals surface area contributed by atoms with Crippen LogP contribution in [0, 0.1) is 11.3 Å². The third kappa shape index (κ3) is 3.70. The molecular formula is C33H37N3O2. The predicted octanol–water partition coefficient (Wildman–Crippen LogP) is 5.68. The summed E-state index contributed by atoms with van der Waals surface area (Å²) >= 11 is 0. The minimum Gasteiger partial charge on any atom is -0.368 e. The number of hydrogen-bond acceptors (Lipinski definition) is 4. The molecule has 6 aliphatic rings. The molecule has 0 bridgehead atoms. The number of benzene rings is 1. The quantitative estimate of drug-likeness (QED) is 0.492. The summed E-state index contributed by atoms with van der Waals surface area (Å²) in [5.74, 6) is 0.185. The molecule has 196 valence electrons. The second kappa shape index (κ2) is 8.94. The first kappa shape index (κ1) is 23.9. The maximum atomic E-state index is 13.7. The van der Waals surface area contributed by atoms with Gasteiger partial charge in [-0.2, -0.15) is 0 Å². The topological polar surface area (TPSA) is 43.9 Å². The van der Waals surface area contributed by atoms with E-state index < -0.39 is 0 Å². The molecule has 5 heteroatoms. The molecule has 38 heavy (non-hydrogen) atoms. The standard InChI is InChI=1S/C33H37N3O2/c1-22-14-15-24(27-20-33(22,27)2)21-36-31(37)26-11-7-13-29(30(26)32(36)38)35-18-16-34(17-19-35)28-12-6-9-23-8-4-3-5-10-25(23)28/h3-4,7-8,10-11,13-15,27-28H,5-6,9,12,16-21H2,1-2H3. The van der Waals surface area contributed by atoms with Gasteiger partial charge in [-0.1, -0.05) is 55.0 Å². The molecule has 1 aromatic carbocycles. The van der Waals surface area contributed by atoms with E-state index in [9.17, 15) is 9.59 Å². The number of anilines is 1. The molecule has 5 nitrogen and oxygen atoms in total. The molecule has 2 saturated carbocycles. The average Bonchev–Trinajstić information content (AvgIpc) is 3.66. The minimum atomic E-state index is -0.143. The van der Waals surface area contributed by atoms with Gasteiger partial charge >= 0.3 is 0 Å². The second-order valence-electron chi connectivity index (χ2n) is 12.1. The number of piperazine rings is 1. The first-order chi connectivity index (χ1) is 18.5. The smallest absolute Gasteiger partial charge is 0.263 e. The van der Waals surface area contributed by atoms with E-state index in [1.807, 2.05) is 18.2 Å². The van der Waals surface area contributed by atoms with Crippen LogP contribution in [0.4, 0.5) is 5.69 Å². The first-order valence-corrected chi connectivity index (χ1v) is 14.4. The molecular weight excluding hydrogens is 470 g/mol.